The number of nitrogens with one attached hydrogen (secondary N) is 2. The van der Waals surface area contributed by atoms with E-state index in [1.807, 2.05) is 25.1 Å². The van der Waals surface area contributed by atoms with Gasteiger partial charge < -0.3 is 15.4 Å². The predicted octanol–water partition coefficient (Wildman–Crippen LogP) is 2.58. The van der Waals surface area contributed by atoms with E-state index >= 15 is 0 Å². The van der Waals surface area contributed by atoms with Gasteiger partial charge in [0.05, 0.1) is 6.10 Å². The molecule has 110 valence electrons. The van der Waals surface area contributed by atoms with E-state index in [1.165, 1.54) is 0 Å². The summed E-state index contributed by atoms with van der Waals surface area (Å²) in [6.07, 6.45) is 1.27. The normalized spacial score (nSPS) is 21.8. The average Bonchev–Trinajstić information content (AvgIpc) is 2.84. The molecule has 0 aromatic heterocycles. The van der Waals surface area contributed by atoms with Crippen LogP contribution in [0.4, 0.5) is 5.69 Å². The van der Waals surface area contributed by atoms with Gasteiger partial charge in [-0.2, -0.15) is 0 Å². The summed E-state index contributed by atoms with van der Waals surface area (Å²) >= 11 is 0. The Hall–Kier alpha value is -1.55. The Labute approximate surface area is 120 Å². The fourth-order valence-electron chi connectivity index (χ4n) is 2.56. The van der Waals surface area contributed by atoms with Gasteiger partial charge in [-0.15, -0.1) is 0 Å². The molecule has 1 amide bonds. The van der Waals surface area contributed by atoms with Crippen LogP contribution in [-0.2, 0) is 4.74 Å². The van der Waals surface area contributed by atoms with Crippen LogP contribution in [0.2, 0.25) is 0 Å². The predicted molar refractivity (Wildman–Crippen MR) is 81.2 cm³/mol. The van der Waals surface area contributed by atoms with Crippen molar-refractivity contribution in [2.24, 2.45) is 5.92 Å². The number of hydrogen-bond donors (Lipinski definition) is 2. The fraction of sp³-hybridized carbons (Fsp3) is 0.562. The molecule has 4 nitrogen and oxygen atoms in total. The first-order chi connectivity index (χ1) is 9.61. The summed E-state index contributed by atoms with van der Waals surface area (Å²) < 4.78 is 5.51. The lowest BCUT2D eigenvalue weighted by molar-refractivity contribution is 0.0907. The lowest BCUT2D eigenvalue weighted by atomic mass is 10.0. The van der Waals surface area contributed by atoms with Crippen molar-refractivity contribution < 1.29 is 9.53 Å². The molecule has 0 bridgehead atoms. The van der Waals surface area contributed by atoms with Crippen molar-refractivity contribution >= 4 is 11.6 Å². The van der Waals surface area contributed by atoms with E-state index in [4.69, 9.17) is 4.74 Å². The van der Waals surface area contributed by atoms with Crippen LogP contribution in [0.3, 0.4) is 0 Å². The van der Waals surface area contributed by atoms with Crippen molar-refractivity contribution in [2.45, 2.75) is 33.3 Å². The zero-order chi connectivity index (χ0) is 14.5. The molecule has 2 unspecified atom stereocenters. The zero-order valence-electron chi connectivity index (χ0n) is 12.5. The van der Waals surface area contributed by atoms with E-state index in [-0.39, 0.29) is 12.0 Å². The maximum Gasteiger partial charge on any atom is 0.251 e. The molecule has 1 aliphatic rings. The molecular formula is C16H24N2O2. The molecule has 20 heavy (non-hydrogen) atoms. The van der Waals surface area contributed by atoms with Crippen LogP contribution in [0.15, 0.2) is 18.2 Å². The van der Waals surface area contributed by atoms with Crippen LogP contribution >= 0.6 is 0 Å². The van der Waals surface area contributed by atoms with E-state index in [0.717, 1.165) is 36.4 Å². The molecule has 0 saturated carbocycles. The second-order valence-corrected chi connectivity index (χ2v) is 5.39. The van der Waals surface area contributed by atoms with E-state index < -0.39 is 0 Å². The molecule has 4 heteroatoms. The first-order valence-corrected chi connectivity index (χ1v) is 7.36. The Morgan fingerprint density at radius 1 is 1.45 bits per heavy atom. The zero-order valence-corrected chi connectivity index (χ0v) is 12.5. The smallest absolute Gasteiger partial charge is 0.251 e. The largest absolute Gasteiger partial charge is 0.385 e. The minimum atomic E-state index is -0.00440. The van der Waals surface area contributed by atoms with E-state index in [1.54, 1.807) is 0 Å². The second-order valence-electron chi connectivity index (χ2n) is 5.39. The molecule has 1 aromatic carbocycles. The van der Waals surface area contributed by atoms with Gasteiger partial charge in [-0.3, -0.25) is 4.79 Å². The fourth-order valence-corrected chi connectivity index (χ4v) is 2.56. The number of benzene rings is 1. The molecule has 1 saturated heterocycles. The highest BCUT2D eigenvalue weighted by Gasteiger charge is 2.24. The average molecular weight is 276 g/mol. The minimum Gasteiger partial charge on any atom is -0.385 e. The third kappa shape index (κ3) is 3.51. The topological polar surface area (TPSA) is 50.4 Å². The van der Waals surface area contributed by atoms with Crippen molar-refractivity contribution in [3.8, 4) is 0 Å². The number of ether oxygens (including phenoxy) is 1. The number of carbonyl (C=O) groups is 1. The van der Waals surface area contributed by atoms with Gasteiger partial charge in [-0.25, -0.2) is 0 Å². The van der Waals surface area contributed by atoms with Crippen LogP contribution < -0.4 is 10.6 Å². The maximum absolute atomic E-state index is 12.2. The van der Waals surface area contributed by atoms with Crippen molar-refractivity contribution in [3.05, 3.63) is 29.3 Å². The van der Waals surface area contributed by atoms with Crippen molar-refractivity contribution in [1.29, 1.82) is 0 Å². The van der Waals surface area contributed by atoms with E-state index in [2.05, 4.69) is 24.5 Å². The van der Waals surface area contributed by atoms with E-state index in [0.29, 0.717) is 12.5 Å². The maximum atomic E-state index is 12.2. The summed E-state index contributed by atoms with van der Waals surface area (Å²) in [7, 11) is 0. The number of rotatable bonds is 5. The Bertz CT molecular complexity index is 474. The number of anilines is 1. The molecule has 0 radical (unpaired) electrons. The lowest BCUT2D eigenvalue weighted by Crippen LogP contribution is -2.32. The van der Waals surface area contributed by atoms with Crippen molar-refractivity contribution in [1.82, 2.24) is 5.32 Å². The molecule has 1 aliphatic heterocycles. The Morgan fingerprint density at radius 3 is 2.85 bits per heavy atom. The van der Waals surface area contributed by atoms with Gasteiger partial charge in [0.2, 0.25) is 0 Å². The minimum absolute atomic E-state index is 0.00440. The van der Waals surface area contributed by atoms with Crippen molar-refractivity contribution in [3.63, 3.8) is 0 Å². The Morgan fingerprint density at radius 2 is 2.25 bits per heavy atom. The number of hydrogen-bond acceptors (Lipinski definition) is 3. The summed E-state index contributed by atoms with van der Waals surface area (Å²) in [5, 5.41) is 6.29. The van der Waals surface area contributed by atoms with Crippen LogP contribution in [-0.4, -0.2) is 31.7 Å². The van der Waals surface area contributed by atoms with Crippen LogP contribution in [0.25, 0.3) is 0 Å². The summed E-state index contributed by atoms with van der Waals surface area (Å²) in [6.45, 7) is 8.52. The van der Waals surface area contributed by atoms with Gasteiger partial charge in [0, 0.05) is 36.9 Å². The highest BCUT2D eigenvalue weighted by Crippen LogP contribution is 2.20. The molecule has 0 spiro atoms. The molecule has 0 aliphatic carbocycles. The summed E-state index contributed by atoms with van der Waals surface area (Å²) in [5.74, 6) is 0.427. The number of aryl methyl sites for hydroxylation is 1. The molecule has 2 N–H and O–H groups in total. The first kappa shape index (κ1) is 14.9. The quantitative estimate of drug-likeness (QED) is 0.869. The molecular weight excluding hydrogens is 252 g/mol. The summed E-state index contributed by atoms with van der Waals surface area (Å²) in [6, 6.07) is 5.77. The third-order valence-electron chi connectivity index (χ3n) is 3.91. The molecule has 1 aromatic rings. The van der Waals surface area contributed by atoms with Gasteiger partial charge in [0.1, 0.15) is 0 Å². The van der Waals surface area contributed by atoms with Gasteiger partial charge in [0.25, 0.3) is 5.91 Å². The number of carbonyl (C=O) groups excluding carboxylic acids is 1. The second kappa shape index (κ2) is 6.75. The third-order valence-corrected chi connectivity index (χ3v) is 3.91. The highest BCUT2D eigenvalue weighted by atomic mass is 16.5. The van der Waals surface area contributed by atoms with Gasteiger partial charge in [0.15, 0.2) is 0 Å². The van der Waals surface area contributed by atoms with Gasteiger partial charge in [-0.1, -0.05) is 0 Å². The molecule has 2 rings (SSSR count). The summed E-state index contributed by atoms with van der Waals surface area (Å²) in [4.78, 5) is 12.2. The first-order valence-electron chi connectivity index (χ1n) is 7.36. The Balaban J connectivity index is 1.93. The van der Waals surface area contributed by atoms with Crippen LogP contribution in [0.1, 0.15) is 36.2 Å². The molecule has 2 atom stereocenters. The van der Waals surface area contributed by atoms with E-state index in [9.17, 15) is 4.79 Å². The Kier molecular flexibility index (Phi) is 5.01. The lowest BCUT2D eigenvalue weighted by Gasteiger charge is -2.15. The monoisotopic (exact) mass is 276 g/mol. The SMILES string of the molecule is CCNc1ccc(C(=O)NCC2CCOC2C)cc1C. The standard InChI is InChI=1S/C16H24N2O2/c1-4-17-15-6-5-13(9-11(15)2)16(19)18-10-14-7-8-20-12(14)3/h5-6,9,12,14,17H,4,7-8,10H2,1-3H3,(H,18,19). The molecule has 1 fully saturated rings. The van der Waals surface area contributed by atoms with Gasteiger partial charge >= 0.3 is 0 Å². The summed E-state index contributed by atoms with van der Waals surface area (Å²) in [5.41, 5.74) is 2.90. The highest BCUT2D eigenvalue weighted by molar-refractivity contribution is 5.94. The van der Waals surface area contributed by atoms with Gasteiger partial charge in [-0.05, 0) is 51.0 Å². The number of amides is 1. The van der Waals surface area contributed by atoms with Crippen LogP contribution in [0.5, 0.6) is 0 Å². The van der Waals surface area contributed by atoms with Crippen LogP contribution in [0, 0.1) is 12.8 Å². The van der Waals surface area contributed by atoms with Crippen molar-refractivity contribution in [2.75, 3.05) is 25.0 Å². The molecule has 1 heterocycles.